The first-order valence-electron chi connectivity index (χ1n) is 7.27. The topological polar surface area (TPSA) is 102 Å². The Morgan fingerprint density at radius 3 is 2.48 bits per heavy atom. The van der Waals surface area contributed by atoms with Crippen LogP contribution >= 0.6 is 11.6 Å². The zero-order valence-electron chi connectivity index (χ0n) is 13.8. The van der Waals surface area contributed by atoms with Gasteiger partial charge in [0.1, 0.15) is 17.8 Å². The van der Waals surface area contributed by atoms with Crippen molar-refractivity contribution in [2.24, 2.45) is 5.73 Å². The quantitative estimate of drug-likeness (QED) is 0.782. The van der Waals surface area contributed by atoms with E-state index >= 15 is 0 Å². The maximum absolute atomic E-state index is 13.4. The Morgan fingerprint density at radius 2 is 1.96 bits per heavy atom. The third-order valence-corrected chi connectivity index (χ3v) is 3.46. The minimum Gasteiger partial charge on any atom is -0.467 e. The molecule has 0 saturated heterocycles. The van der Waals surface area contributed by atoms with Gasteiger partial charge in [0.15, 0.2) is 0 Å². The summed E-state index contributed by atoms with van der Waals surface area (Å²) in [7, 11) is 0. The van der Waals surface area contributed by atoms with Gasteiger partial charge in [0.2, 0.25) is 6.23 Å². The Bertz CT molecular complexity index is 773. The number of hydrogen-bond donors (Lipinski definition) is 2. The van der Waals surface area contributed by atoms with E-state index in [-0.39, 0.29) is 16.4 Å². The summed E-state index contributed by atoms with van der Waals surface area (Å²) in [5, 5.41) is 2.29. The van der Waals surface area contributed by atoms with Crippen molar-refractivity contribution in [3.8, 4) is 0 Å². The number of rotatable bonds is 4. The Morgan fingerprint density at radius 1 is 1.32 bits per heavy atom. The number of nitrogens with two attached hydrogens (primary N) is 1. The van der Waals surface area contributed by atoms with E-state index in [0.717, 1.165) is 17.2 Å². The summed E-state index contributed by atoms with van der Waals surface area (Å²) in [4.78, 5) is 37.3. The summed E-state index contributed by atoms with van der Waals surface area (Å²) in [5.41, 5.74) is 4.66. The summed E-state index contributed by atoms with van der Waals surface area (Å²) in [5.74, 6) is -3.40. The number of nitrogens with one attached hydrogen (secondary N) is 1. The van der Waals surface area contributed by atoms with Gasteiger partial charge in [-0.25, -0.2) is 4.39 Å². The Kier molecular flexibility index (Phi) is 5.03. The first-order chi connectivity index (χ1) is 11.5. The number of amides is 2. The van der Waals surface area contributed by atoms with Crippen LogP contribution in [0.25, 0.3) is 0 Å². The van der Waals surface area contributed by atoms with Crippen LogP contribution in [-0.4, -0.2) is 29.4 Å². The van der Waals surface area contributed by atoms with Gasteiger partial charge in [0, 0.05) is 11.2 Å². The smallest absolute Gasteiger partial charge is 0.293 e. The number of carbonyl (C=O) groups excluding carboxylic acids is 3. The van der Waals surface area contributed by atoms with Crippen molar-refractivity contribution in [3.63, 3.8) is 0 Å². The molecule has 1 aromatic rings. The molecule has 0 saturated carbocycles. The molecule has 1 aromatic carbocycles. The number of ether oxygens (including phenoxy) is 1. The van der Waals surface area contributed by atoms with Crippen molar-refractivity contribution in [1.29, 1.82) is 0 Å². The number of anilines is 1. The summed E-state index contributed by atoms with van der Waals surface area (Å²) < 4.78 is 18.6. The van der Waals surface area contributed by atoms with Crippen LogP contribution < -0.4 is 16.0 Å². The third-order valence-electron chi connectivity index (χ3n) is 3.17. The molecule has 3 N–H and O–H groups in total. The van der Waals surface area contributed by atoms with Crippen LogP contribution in [-0.2, 0) is 19.1 Å². The second kappa shape index (κ2) is 6.72. The maximum atomic E-state index is 13.4. The molecule has 1 unspecified atom stereocenters. The van der Waals surface area contributed by atoms with Gasteiger partial charge in [0.25, 0.3) is 17.6 Å². The molecule has 25 heavy (non-hydrogen) atoms. The molecule has 0 fully saturated rings. The number of halogens is 2. The first-order valence-corrected chi connectivity index (χ1v) is 7.65. The average Bonchev–Trinajstić information content (AvgIpc) is 2.92. The number of ketones is 1. The lowest BCUT2D eigenvalue weighted by atomic mass is 10.1. The number of benzene rings is 1. The van der Waals surface area contributed by atoms with E-state index in [0.29, 0.717) is 0 Å². The van der Waals surface area contributed by atoms with Gasteiger partial charge < -0.3 is 15.8 Å². The van der Waals surface area contributed by atoms with E-state index in [1.165, 1.54) is 12.1 Å². The van der Waals surface area contributed by atoms with Crippen LogP contribution in [0.1, 0.15) is 20.8 Å². The van der Waals surface area contributed by atoms with E-state index in [4.69, 9.17) is 22.1 Å². The predicted octanol–water partition coefficient (Wildman–Crippen LogP) is 1.45. The third kappa shape index (κ3) is 4.08. The molecule has 0 aliphatic carbocycles. The highest BCUT2D eigenvalue weighted by Gasteiger charge is 2.41. The highest BCUT2D eigenvalue weighted by molar-refractivity contribution is 6.39. The van der Waals surface area contributed by atoms with Crippen molar-refractivity contribution < 1.29 is 23.5 Å². The Labute approximate surface area is 148 Å². The maximum Gasteiger partial charge on any atom is 0.293 e. The summed E-state index contributed by atoms with van der Waals surface area (Å²) >= 11 is 5.75. The second-order valence-electron chi connectivity index (χ2n) is 6.39. The number of primary amides is 1. The van der Waals surface area contributed by atoms with Gasteiger partial charge in [-0.05, 0) is 39.0 Å². The highest BCUT2D eigenvalue weighted by atomic mass is 35.5. The molecule has 1 atom stereocenters. The van der Waals surface area contributed by atoms with Crippen LogP contribution in [0.4, 0.5) is 10.1 Å². The Hall–Kier alpha value is -2.61. The first kappa shape index (κ1) is 18.7. The fourth-order valence-electron chi connectivity index (χ4n) is 2.15. The van der Waals surface area contributed by atoms with Gasteiger partial charge in [-0.1, -0.05) is 11.6 Å². The number of Topliss-reactive ketones (excluding diaryl/α,β-unsaturated/α-hetero) is 1. The highest BCUT2D eigenvalue weighted by Crippen LogP contribution is 2.31. The number of hydrogen-bond acceptors (Lipinski definition) is 5. The molecule has 1 aliphatic rings. The molecule has 0 aromatic heterocycles. The van der Waals surface area contributed by atoms with Gasteiger partial charge in [-0.3, -0.25) is 19.3 Å². The SMILES string of the molecule is CC(C)(C)NC(=O)C(=O)C1OC=C(C(N)=O)N1c1ccc(F)c(Cl)c1. The lowest BCUT2D eigenvalue weighted by molar-refractivity contribution is -0.143. The molecule has 9 heteroatoms. The molecule has 0 spiro atoms. The van der Waals surface area contributed by atoms with Gasteiger partial charge in [0.05, 0.1) is 5.02 Å². The molecular weight excluding hydrogens is 353 g/mol. The summed E-state index contributed by atoms with van der Waals surface area (Å²) in [6.45, 7) is 5.12. The standard InChI is InChI=1S/C16H17ClFN3O4/c1-16(2,3)20-14(24)12(22)15-21(11(7-25-15)13(19)23)8-4-5-10(18)9(17)6-8/h4-7,15H,1-3H3,(H2,19,23)(H,20,24). The molecule has 134 valence electrons. The van der Waals surface area contributed by atoms with Gasteiger partial charge >= 0.3 is 0 Å². The summed E-state index contributed by atoms with van der Waals surface area (Å²) in [6.07, 6.45) is -0.474. The van der Waals surface area contributed by atoms with Crippen molar-refractivity contribution in [2.75, 3.05) is 4.90 Å². The lowest BCUT2D eigenvalue weighted by Gasteiger charge is -2.27. The minimum atomic E-state index is -1.45. The normalized spacial score (nSPS) is 16.9. The molecule has 2 rings (SSSR count). The van der Waals surface area contributed by atoms with Gasteiger partial charge in [-0.2, -0.15) is 0 Å². The van der Waals surface area contributed by atoms with Crippen LogP contribution in [0.5, 0.6) is 0 Å². The van der Waals surface area contributed by atoms with Gasteiger partial charge in [-0.15, -0.1) is 0 Å². The lowest BCUT2D eigenvalue weighted by Crippen LogP contribution is -2.51. The molecular formula is C16H17ClFN3O4. The molecule has 1 heterocycles. The number of nitrogens with zero attached hydrogens (tertiary/aromatic N) is 1. The fraction of sp³-hybridized carbons (Fsp3) is 0.312. The van der Waals surface area contributed by atoms with Crippen LogP contribution in [0, 0.1) is 5.82 Å². The zero-order chi connectivity index (χ0) is 18.9. The van der Waals surface area contributed by atoms with Crippen molar-refractivity contribution >= 4 is 34.9 Å². The zero-order valence-corrected chi connectivity index (χ0v) is 14.6. The van der Waals surface area contributed by atoms with E-state index in [1.807, 2.05) is 0 Å². The van der Waals surface area contributed by atoms with Crippen molar-refractivity contribution in [3.05, 3.63) is 41.0 Å². The molecule has 1 aliphatic heterocycles. The monoisotopic (exact) mass is 369 g/mol. The fourth-order valence-corrected chi connectivity index (χ4v) is 2.33. The van der Waals surface area contributed by atoms with E-state index in [2.05, 4.69) is 5.32 Å². The molecule has 2 amide bonds. The van der Waals surface area contributed by atoms with E-state index < -0.39 is 35.2 Å². The Balaban J connectivity index is 2.37. The molecule has 0 radical (unpaired) electrons. The second-order valence-corrected chi connectivity index (χ2v) is 6.80. The van der Waals surface area contributed by atoms with Crippen molar-refractivity contribution in [1.82, 2.24) is 5.32 Å². The van der Waals surface area contributed by atoms with Crippen LogP contribution in [0.3, 0.4) is 0 Å². The van der Waals surface area contributed by atoms with Crippen LogP contribution in [0.2, 0.25) is 5.02 Å². The van der Waals surface area contributed by atoms with E-state index in [1.54, 1.807) is 20.8 Å². The molecule has 7 nitrogen and oxygen atoms in total. The van der Waals surface area contributed by atoms with Crippen LogP contribution in [0.15, 0.2) is 30.2 Å². The predicted molar refractivity (Wildman–Crippen MR) is 88.9 cm³/mol. The average molecular weight is 370 g/mol. The number of carbonyl (C=O) groups is 3. The minimum absolute atomic E-state index is 0.162. The summed E-state index contributed by atoms with van der Waals surface area (Å²) in [6, 6.07) is 3.55. The van der Waals surface area contributed by atoms with Crippen molar-refractivity contribution in [2.45, 2.75) is 32.5 Å². The van der Waals surface area contributed by atoms with E-state index in [9.17, 15) is 18.8 Å². The molecule has 0 bridgehead atoms. The largest absolute Gasteiger partial charge is 0.467 e.